The van der Waals surface area contributed by atoms with Crippen LogP contribution in [0.1, 0.15) is 47.1 Å². The van der Waals surface area contributed by atoms with Crippen molar-refractivity contribution in [2.45, 2.75) is 65.6 Å². The van der Waals surface area contributed by atoms with Gasteiger partial charge in [-0.1, -0.05) is 44.2 Å². The average Bonchev–Trinajstić information content (AvgIpc) is 2.59. The fraction of sp³-hybridized carbons (Fsp3) is 0.591. The van der Waals surface area contributed by atoms with E-state index in [-0.39, 0.29) is 25.5 Å². The summed E-state index contributed by atoms with van der Waals surface area (Å²) in [5.74, 6) is -1.94. The Kier molecular flexibility index (Phi) is 9.30. The summed E-state index contributed by atoms with van der Waals surface area (Å²) in [6, 6.07) is 7.50. The Hall–Kier alpha value is -2.41. The van der Waals surface area contributed by atoms with Crippen LogP contribution in [0.4, 0.5) is 0 Å². The monoisotopic (exact) mass is 406 g/mol. The van der Waals surface area contributed by atoms with Gasteiger partial charge in [0.15, 0.2) is 0 Å². The van der Waals surface area contributed by atoms with Crippen LogP contribution in [0.2, 0.25) is 0 Å². The molecule has 0 aromatic heterocycles. The molecule has 2 N–H and O–H groups in total. The number of esters is 2. The van der Waals surface area contributed by atoms with Gasteiger partial charge in [-0.3, -0.25) is 9.59 Å². The zero-order chi connectivity index (χ0) is 22.2. The quantitative estimate of drug-likeness (QED) is 0.632. The molecule has 0 fully saturated rings. The molecule has 0 saturated carbocycles. The summed E-state index contributed by atoms with van der Waals surface area (Å²) in [6.45, 7) is 10.3. The number of hydrogen-bond donors (Lipinski definition) is 1. The van der Waals surface area contributed by atoms with E-state index < -0.39 is 35.5 Å². The molecule has 29 heavy (non-hydrogen) atoms. The van der Waals surface area contributed by atoms with Crippen molar-refractivity contribution < 1.29 is 23.9 Å². The first-order chi connectivity index (χ1) is 13.5. The van der Waals surface area contributed by atoms with Crippen molar-refractivity contribution in [2.75, 3.05) is 13.2 Å². The molecule has 162 valence electrons. The number of ether oxygens (including phenoxy) is 2. The molecule has 1 rings (SSSR count). The van der Waals surface area contributed by atoms with E-state index in [2.05, 4.69) is 0 Å². The van der Waals surface area contributed by atoms with Gasteiger partial charge in [0.1, 0.15) is 18.2 Å². The van der Waals surface area contributed by atoms with E-state index in [9.17, 15) is 14.4 Å². The smallest absolute Gasteiger partial charge is 0.329 e. The van der Waals surface area contributed by atoms with Gasteiger partial charge in [-0.05, 0) is 45.6 Å². The summed E-state index contributed by atoms with van der Waals surface area (Å²) < 4.78 is 10.5. The van der Waals surface area contributed by atoms with Crippen LogP contribution >= 0.6 is 0 Å². The highest BCUT2D eigenvalue weighted by Gasteiger charge is 2.37. The predicted molar refractivity (Wildman–Crippen MR) is 111 cm³/mol. The van der Waals surface area contributed by atoms with Gasteiger partial charge >= 0.3 is 11.9 Å². The second kappa shape index (κ2) is 11.0. The number of carbonyl (C=O) groups is 3. The van der Waals surface area contributed by atoms with Crippen LogP contribution in [0, 0.1) is 5.92 Å². The second-order valence-corrected chi connectivity index (χ2v) is 8.29. The lowest BCUT2D eigenvalue weighted by atomic mass is 9.99. The lowest BCUT2D eigenvalue weighted by Crippen LogP contribution is -2.56. The molecule has 1 aromatic rings. The van der Waals surface area contributed by atoms with Gasteiger partial charge in [-0.25, -0.2) is 4.79 Å². The van der Waals surface area contributed by atoms with Gasteiger partial charge in [-0.15, -0.1) is 0 Å². The normalized spacial score (nSPS) is 13.5. The van der Waals surface area contributed by atoms with Gasteiger partial charge in [0, 0.05) is 0 Å². The SMILES string of the molecule is CCOC(=O)C(C(C)C)N(CC(=O)OC(C)(C)C)C(=O)C(N)Cc1ccccc1. The maximum absolute atomic E-state index is 13.2. The van der Waals surface area contributed by atoms with Crippen LogP contribution in [0.5, 0.6) is 0 Å². The van der Waals surface area contributed by atoms with E-state index in [0.29, 0.717) is 0 Å². The van der Waals surface area contributed by atoms with Crippen LogP contribution in [-0.2, 0) is 30.3 Å². The summed E-state index contributed by atoms with van der Waals surface area (Å²) in [5, 5.41) is 0. The summed E-state index contributed by atoms with van der Waals surface area (Å²) in [7, 11) is 0. The number of rotatable bonds is 9. The van der Waals surface area contributed by atoms with E-state index in [1.807, 2.05) is 30.3 Å². The van der Waals surface area contributed by atoms with Crippen molar-refractivity contribution in [3.8, 4) is 0 Å². The van der Waals surface area contributed by atoms with Gasteiger partial charge in [0.05, 0.1) is 12.6 Å². The highest BCUT2D eigenvalue weighted by Crippen LogP contribution is 2.17. The van der Waals surface area contributed by atoms with E-state index >= 15 is 0 Å². The standard InChI is InChI=1S/C22H34N2O5/c1-7-28-21(27)19(15(2)3)24(14-18(25)29-22(4,5)6)20(26)17(23)13-16-11-9-8-10-12-16/h8-12,15,17,19H,7,13-14,23H2,1-6H3. The Morgan fingerprint density at radius 3 is 2.17 bits per heavy atom. The van der Waals surface area contributed by atoms with E-state index in [1.165, 1.54) is 4.90 Å². The molecule has 2 unspecified atom stereocenters. The zero-order valence-electron chi connectivity index (χ0n) is 18.3. The molecule has 0 heterocycles. The number of hydrogen-bond acceptors (Lipinski definition) is 6. The first-order valence-corrected chi connectivity index (χ1v) is 9.94. The van der Waals surface area contributed by atoms with E-state index in [4.69, 9.17) is 15.2 Å². The van der Waals surface area contributed by atoms with Gasteiger partial charge in [0.25, 0.3) is 0 Å². The Labute approximate surface area is 173 Å². The molecule has 1 aromatic carbocycles. The maximum Gasteiger partial charge on any atom is 0.329 e. The van der Waals surface area contributed by atoms with Crippen LogP contribution < -0.4 is 5.73 Å². The molecule has 0 aliphatic rings. The van der Waals surface area contributed by atoms with Crippen molar-refractivity contribution >= 4 is 17.8 Å². The summed E-state index contributed by atoms with van der Waals surface area (Å²) >= 11 is 0. The third kappa shape index (κ3) is 8.23. The Morgan fingerprint density at radius 1 is 1.10 bits per heavy atom. The Morgan fingerprint density at radius 2 is 1.69 bits per heavy atom. The number of carbonyl (C=O) groups excluding carboxylic acids is 3. The summed E-state index contributed by atoms with van der Waals surface area (Å²) in [5.41, 5.74) is 6.35. The Balaban J connectivity index is 3.13. The van der Waals surface area contributed by atoms with Gasteiger partial charge in [-0.2, -0.15) is 0 Å². The molecule has 2 atom stereocenters. The molecule has 0 spiro atoms. The molecular formula is C22H34N2O5. The van der Waals surface area contributed by atoms with Crippen LogP contribution in [-0.4, -0.2) is 53.6 Å². The van der Waals surface area contributed by atoms with Gasteiger partial charge < -0.3 is 20.1 Å². The highest BCUT2D eigenvalue weighted by atomic mass is 16.6. The molecule has 0 saturated heterocycles. The number of amides is 1. The van der Waals surface area contributed by atoms with E-state index in [0.717, 1.165) is 5.56 Å². The van der Waals surface area contributed by atoms with E-state index in [1.54, 1.807) is 41.5 Å². The van der Waals surface area contributed by atoms with Crippen molar-refractivity contribution in [1.82, 2.24) is 4.90 Å². The average molecular weight is 407 g/mol. The molecule has 1 amide bonds. The van der Waals surface area contributed by atoms with Crippen LogP contribution in [0.25, 0.3) is 0 Å². The lowest BCUT2D eigenvalue weighted by Gasteiger charge is -2.34. The molecule has 0 bridgehead atoms. The summed E-state index contributed by atoms with van der Waals surface area (Å²) in [6.07, 6.45) is 0.290. The molecule has 7 nitrogen and oxygen atoms in total. The molecule has 0 radical (unpaired) electrons. The predicted octanol–water partition coefficient (Wildman–Crippen LogP) is 2.31. The van der Waals surface area contributed by atoms with Crippen molar-refractivity contribution in [2.24, 2.45) is 11.7 Å². The van der Waals surface area contributed by atoms with Crippen molar-refractivity contribution in [3.05, 3.63) is 35.9 Å². The number of nitrogens with zero attached hydrogens (tertiary/aromatic N) is 1. The maximum atomic E-state index is 13.2. The fourth-order valence-electron chi connectivity index (χ4n) is 2.98. The minimum Gasteiger partial charge on any atom is -0.464 e. The lowest BCUT2D eigenvalue weighted by molar-refractivity contribution is -0.165. The zero-order valence-corrected chi connectivity index (χ0v) is 18.3. The topological polar surface area (TPSA) is 98.9 Å². The fourth-order valence-corrected chi connectivity index (χ4v) is 2.98. The first-order valence-electron chi connectivity index (χ1n) is 9.94. The molecule has 0 aliphatic carbocycles. The molecule has 7 heteroatoms. The largest absolute Gasteiger partial charge is 0.464 e. The van der Waals surface area contributed by atoms with Gasteiger partial charge in [0.2, 0.25) is 5.91 Å². The van der Waals surface area contributed by atoms with Crippen LogP contribution in [0.3, 0.4) is 0 Å². The highest BCUT2D eigenvalue weighted by molar-refractivity contribution is 5.90. The molecular weight excluding hydrogens is 372 g/mol. The molecule has 0 aliphatic heterocycles. The number of nitrogens with two attached hydrogens (primary N) is 1. The first kappa shape index (κ1) is 24.6. The Bertz CT molecular complexity index is 682. The van der Waals surface area contributed by atoms with Crippen molar-refractivity contribution in [3.63, 3.8) is 0 Å². The van der Waals surface area contributed by atoms with Crippen molar-refractivity contribution in [1.29, 1.82) is 0 Å². The number of benzene rings is 1. The van der Waals surface area contributed by atoms with Crippen LogP contribution in [0.15, 0.2) is 30.3 Å². The minimum absolute atomic E-state index is 0.173. The third-order valence-electron chi connectivity index (χ3n) is 4.11. The summed E-state index contributed by atoms with van der Waals surface area (Å²) in [4.78, 5) is 39.4. The minimum atomic E-state index is -0.934. The third-order valence-corrected chi connectivity index (χ3v) is 4.11. The second-order valence-electron chi connectivity index (χ2n) is 8.29.